The van der Waals surface area contributed by atoms with Crippen molar-refractivity contribution in [2.75, 3.05) is 5.73 Å². The molecule has 1 aliphatic rings. The van der Waals surface area contributed by atoms with Gasteiger partial charge in [-0.3, -0.25) is 0 Å². The highest BCUT2D eigenvalue weighted by Gasteiger charge is 2.28. The second-order valence-electron chi connectivity index (χ2n) is 5.30. The molecule has 0 amide bonds. The van der Waals surface area contributed by atoms with Crippen molar-refractivity contribution in [3.63, 3.8) is 0 Å². The lowest BCUT2D eigenvalue weighted by Gasteiger charge is -2.08. The molecule has 0 spiro atoms. The van der Waals surface area contributed by atoms with E-state index < -0.39 is 0 Å². The van der Waals surface area contributed by atoms with Gasteiger partial charge < -0.3 is 10.3 Å². The van der Waals surface area contributed by atoms with Crippen molar-refractivity contribution in [1.29, 1.82) is 0 Å². The standard InChI is InChI=1S/C16H14BrN3/c17-11-7-10(8-12(18)9-11)16-19-14-3-1-2-4-15(14)20(16)13-5-6-13/h1-4,7-9,13H,5-6,18H2. The van der Waals surface area contributed by atoms with E-state index in [4.69, 9.17) is 10.7 Å². The Balaban J connectivity index is 2.01. The van der Waals surface area contributed by atoms with E-state index in [-0.39, 0.29) is 0 Å². The molecule has 2 aromatic carbocycles. The maximum Gasteiger partial charge on any atom is 0.141 e. The maximum absolute atomic E-state index is 5.97. The zero-order valence-electron chi connectivity index (χ0n) is 10.9. The van der Waals surface area contributed by atoms with Crippen molar-refractivity contribution in [1.82, 2.24) is 9.55 Å². The number of hydrogen-bond donors (Lipinski definition) is 1. The van der Waals surface area contributed by atoms with Crippen molar-refractivity contribution in [3.05, 3.63) is 46.9 Å². The Kier molecular flexibility index (Phi) is 2.60. The van der Waals surface area contributed by atoms with Crippen LogP contribution in [-0.2, 0) is 0 Å². The lowest BCUT2D eigenvalue weighted by Crippen LogP contribution is -1.98. The molecule has 2 N–H and O–H groups in total. The minimum Gasteiger partial charge on any atom is -0.399 e. The highest BCUT2D eigenvalue weighted by molar-refractivity contribution is 9.10. The summed E-state index contributed by atoms with van der Waals surface area (Å²) < 4.78 is 3.35. The summed E-state index contributed by atoms with van der Waals surface area (Å²) in [4.78, 5) is 4.81. The van der Waals surface area contributed by atoms with E-state index in [9.17, 15) is 0 Å². The number of benzene rings is 2. The van der Waals surface area contributed by atoms with E-state index in [2.05, 4.69) is 44.8 Å². The number of fused-ring (bicyclic) bond motifs is 1. The predicted octanol–water partition coefficient (Wildman–Crippen LogP) is 4.38. The number of rotatable bonds is 2. The van der Waals surface area contributed by atoms with Gasteiger partial charge in [-0.15, -0.1) is 0 Å². The Morgan fingerprint density at radius 1 is 1.15 bits per heavy atom. The number of halogens is 1. The fourth-order valence-corrected chi connectivity index (χ4v) is 3.20. The molecular formula is C16H14BrN3. The summed E-state index contributed by atoms with van der Waals surface area (Å²) in [5, 5.41) is 0. The highest BCUT2D eigenvalue weighted by Crippen LogP contribution is 2.41. The van der Waals surface area contributed by atoms with Crippen molar-refractivity contribution in [3.8, 4) is 11.4 Å². The zero-order valence-corrected chi connectivity index (χ0v) is 12.5. The number of nitrogens with two attached hydrogens (primary N) is 1. The molecule has 1 aromatic heterocycles. The molecule has 1 fully saturated rings. The molecule has 0 atom stereocenters. The van der Waals surface area contributed by atoms with Gasteiger partial charge in [0.25, 0.3) is 0 Å². The molecule has 1 saturated carbocycles. The third-order valence-electron chi connectivity index (χ3n) is 3.69. The number of imidazole rings is 1. The normalized spacial score (nSPS) is 14.8. The average Bonchev–Trinajstić information content (AvgIpc) is 3.17. The maximum atomic E-state index is 5.97. The van der Waals surface area contributed by atoms with Gasteiger partial charge in [0, 0.05) is 21.8 Å². The second kappa shape index (κ2) is 4.35. The Labute approximate surface area is 125 Å². The van der Waals surface area contributed by atoms with Gasteiger partial charge in [-0.2, -0.15) is 0 Å². The van der Waals surface area contributed by atoms with Gasteiger partial charge in [-0.1, -0.05) is 28.1 Å². The minimum atomic E-state index is 0.581. The molecule has 1 aliphatic carbocycles. The smallest absolute Gasteiger partial charge is 0.141 e. The van der Waals surface area contributed by atoms with E-state index >= 15 is 0 Å². The minimum absolute atomic E-state index is 0.581. The first-order valence-corrected chi connectivity index (χ1v) is 7.55. The summed E-state index contributed by atoms with van der Waals surface area (Å²) in [7, 11) is 0. The first-order chi connectivity index (χ1) is 9.72. The third-order valence-corrected chi connectivity index (χ3v) is 4.14. The number of nitrogens with zero attached hydrogens (tertiary/aromatic N) is 2. The molecular weight excluding hydrogens is 314 g/mol. The molecule has 0 saturated heterocycles. The molecule has 100 valence electrons. The van der Waals surface area contributed by atoms with Crippen LogP contribution in [0.1, 0.15) is 18.9 Å². The Bertz CT molecular complexity index is 782. The fraction of sp³-hybridized carbons (Fsp3) is 0.188. The van der Waals surface area contributed by atoms with E-state index in [1.54, 1.807) is 0 Å². The summed E-state index contributed by atoms with van der Waals surface area (Å²) in [6, 6.07) is 14.9. The predicted molar refractivity (Wildman–Crippen MR) is 85.6 cm³/mol. The van der Waals surface area contributed by atoms with Gasteiger partial charge in [-0.25, -0.2) is 4.98 Å². The van der Waals surface area contributed by atoms with Crippen molar-refractivity contribution >= 4 is 32.7 Å². The molecule has 3 nitrogen and oxygen atoms in total. The largest absolute Gasteiger partial charge is 0.399 e. The molecule has 0 radical (unpaired) electrons. The number of para-hydroxylation sites is 2. The Hall–Kier alpha value is -1.81. The first-order valence-electron chi connectivity index (χ1n) is 6.76. The average molecular weight is 328 g/mol. The van der Waals surface area contributed by atoms with Gasteiger partial charge in [0.1, 0.15) is 5.82 Å². The molecule has 1 heterocycles. The third kappa shape index (κ3) is 1.91. The van der Waals surface area contributed by atoms with E-state index in [1.165, 1.54) is 18.4 Å². The molecule has 4 rings (SSSR count). The lowest BCUT2D eigenvalue weighted by molar-refractivity contribution is 0.775. The van der Waals surface area contributed by atoms with Crippen molar-refractivity contribution in [2.45, 2.75) is 18.9 Å². The van der Waals surface area contributed by atoms with Crippen LogP contribution in [0.4, 0.5) is 5.69 Å². The topological polar surface area (TPSA) is 43.8 Å². The van der Waals surface area contributed by atoms with Crippen LogP contribution in [0.25, 0.3) is 22.4 Å². The quantitative estimate of drug-likeness (QED) is 0.709. The second-order valence-corrected chi connectivity index (χ2v) is 6.21. The number of aromatic nitrogens is 2. The van der Waals surface area contributed by atoms with Gasteiger partial charge in [0.2, 0.25) is 0 Å². The summed E-state index contributed by atoms with van der Waals surface area (Å²) in [6.45, 7) is 0. The summed E-state index contributed by atoms with van der Waals surface area (Å²) in [5.41, 5.74) is 10.0. The fourth-order valence-electron chi connectivity index (χ4n) is 2.69. The van der Waals surface area contributed by atoms with Crippen LogP contribution < -0.4 is 5.73 Å². The van der Waals surface area contributed by atoms with Gasteiger partial charge in [-0.05, 0) is 43.2 Å². The number of hydrogen-bond acceptors (Lipinski definition) is 2. The number of nitrogen functional groups attached to an aromatic ring is 1. The molecule has 3 aromatic rings. The van der Waals surface area contributed by atoms with Crippen LogP contribution in [-0.4, -0.2) is 9.55 Å². The van der Waals surface area contributed by atoms with E-state index in [1.807, 2.05) is 18.2 Å². The molecule has 20 heavy (non-hydrogen) atoms. The van der Waals surface area contributed by atoms with Crippen LogP contribution >= 0.6 is 15.9 Å². The summed E-state index contributed by atoms with van der Waals surface area (Å²) >= 11 is 3.51. The van der Waals surface area contributed by atoms with Gasteiger partial charge in [0.05, 0.1) is 11.0 Å². The van der Waals surface area contributed by atoms with Crippen LogP contribution in [0.2, 0.25) is 0 Å². The number of anilines is 1. The SMILES string of the molecule is Nc1cc(Br)cc(-c2nc3ccccc3n2C2CC2)c1. The highest BCUT2D eigenvalue weighted by atomic mass is 79.9. The Morgan fingerprint density at radius 3 is 2.70 bits per heavy atom. The van der Waals surface area contributed by atoms with E-state index in [0.29, 0.717) is 6.04 Å². The molecule has 4 heteroatoms. The van der Waals surface area contributed by atoms with E-state index in [0.717, 1.165) is 27.1 Å². The summed E-state index contributed by atoms with van der Waals surface area (Å²) in [6.07, 6.45) is 2.47. The zero-order chi connectivity index (χ0) is 13.7. The molecule has 0 bridgehead atoms. The molecule has 0 unspecified atom stereocenters. The van der Waals surface area contributed by atoms with Gasteiger partial charge in [0.15, 0.2) is 0 Å². The molecule has 0 aliphatic heterocycles. The summed E-state index contributed by atoms with van der Waals surface area (Å²) in [5.74, 6) is 1.02. The monoisotopic (exact) mass is 327 g/mol. The first kappa shape index (κ1) is 12.0. The van der Waals surface area contributed by atoms with Crippen LogP contribution in [0.5, 0.6) is 0 Å². The Morgan fingerprint density at radius 2 is 1.95 bits per heavy atom. The van der Waals surface area contributed by atoms with Gasteiger partial charge >= 0.3 is 0 Å². The van der Waals surface area contributed by atoms with Crippen molar-refractivity contribution < 1.29 is 0 Å². The van der Waals surface area contributed by atoms with Crippen molar-refractivity contribution in [2.24, 2.45) is 0 Å². The lowest BCUT2D eigenvalue weighted by atomic mass is 10.2. The van der Waals surface area contributed by atoms with Crippen LogP contribution in [0, 0.1) is 0 Å². The van der Waals surface area contributed by atoms with Crippen LogP contribution in [0.15, 0.2) is 46.9 Å². The van der Waals surface area contributed by atoms with Crippen LogP contribution in [0.3, 0.4) is 0 Å².